The predicted octanol–water partition coefficient (Wildman–Crippen LogP) is -1.56. The third-order valence-electron chi connectivity index (χ3n) is 3.76. The fraction of sp³-hybridized carbons (Fsp3) is 0.455. The van der Waals surface area contributed by atoms with E-state index in [0.717, 1.165) is 17.6 Å². The number of hydrogen-bond acceptors (Lipinski definition) is 8. The summed E-state index contributed by atoms with van der Waals surface area (Å²) in [7, 11) is -4.86. The molecule has 0 aromatic carbocycles. The molecule has 1 aromatic heterocycles. The van der Waals surface area contributed by atoms with Crippen LogP contribution in [-0.2, 0) is 19.5 Å². The van der Waals surface area contributed by atoms with Gasteiger partial charge in [0.15, 0.2) is 12.1 Å². The summed E-state index contributed by atoms with van der Waals surface area (Å²) in [4.78, 5) is 40.7. The normalized spacial score (nSPS) is 22.8. The number of hydrazine groups is 1. The molecule has 3 rings (SSSR count). The van der Waals surface area contributed by atoms with Crippen LogP contribution in [-0.4, -0.2) is 64.4 Å². The zero-order valence-electron chi connectivity index (χ0n) is 12.5. The minimum Gasteiger partial charge on any atom is -0.451 e. The Labute approximate surface area is 140 Å². The predicted molar refractivity (Wildman–Crippen MR) is 75.5 cm³/mol. The Morgan fingerprint density at radius 3 is 2.76 bits per heavy atom. The van der Waals surface area contributed by atoms with E-state index in [1.807, 2.05) is 0 Å². The maximum atomic E-state index is 12.2. The number of fused-ring (bicyclic) bond motifs is 2. The van der Waals surface area contributed by atoms with Crippen LogP contribution in [0.1, 0.15) is 23.3 Å². The smallest absolute Gasteiger partial charge is 0.418 e. The quantitative estimate of drug-likeness (QED) is 0.415. The Balaban J connectivity index is 1.61. The first-order valence-electron chi connectivity index (χ1n) is 7.01. The molecule has 136 valence electrons. The minimum absolute atomic E-state index is 0.0453. The molecule has 3 heterocycles. The summed E-state index contributed by atoms with van der Waals surface area (Å²) in [5, 5.41) is 0.524. The third-order valence-corrected chi connectivity index (χ3v) is 4.11. The molecular weight excluding hydrogens is 362 g/mol. The van der Waals surface area contributed by atoms with Crippen LogP contribution in [0.3, 0.4) is 0 Å². The number of hydroxylamine groups is 2. The zero-order chi connectivity index (χ0) is 18.2. The molecule has 2 saturated heterocycles. The highest BCUT2D eigenvalue weighted by molar-refractivity contribution is 7.80. The lowest BCUT2D eigenvalue weighted by molar-refractivity contribution is -0.126. The van der Waals surface area contributed by atoms with E-state index < -0.39 is 40.3 Å². The van der Waals surface area contributed by atoms with Crippen molar-refractivity contribution in [2.24, 2.45) is 0 Å². The third kappa shape index (κ3) is 3.54. The highest BCUT2D eigenvalue weighted by Crippen LogP contribution is 2.30. The van der Waals surface area contributed by atoms with Crippen molar-refractivity contribution in [2.75, 3.05) is 6.54 Å². The van der Waals surface area contributed by atoms with E-state index in [1.54, 1.807) is 0 Å². The number of nitrogens with zero attached hydrogens (tertiary/aromatic N) is 3. The lowest BCUT2D eigenvalue weighted by Gasteiger charge is -2.29. The summed E-state index contributed by atoms with van der Waals surface area (Å²) in [6.07, 6.45) is 2.62. The summed E-state index contributed by atoms with van der Waals surface area (Å²) < 4.78 is 39.2. The number of urea groups is 1. The zero-order valence-corrected chi connectivity index (χ0v) is 13.3. The van der Waals surface area contributed by atoms with Gasteiger partial charge in [-0.1, -0.05) is 0 Å². The second-order valence-corrected chi connectivity index (χ2v) is 6.33. The van der Waals surface area contributed by atoms with Crippen LogP contribution in [0.25, 0.3) is 0 Å². The van der Waals surface area contributed by atoms with Crippen LogP contribution in [0, 0.1) is 0 Å². The largest absolute Gasteiger partial charge is 0.451 e. The highest BCUT2D eigenvalue weighted by atomic mass is 32.3. The van der Waals surface area contributed by atoms with E-state index in [1.165, 1.54) is 0 Å². The molecular formula is C11H13N5O8S. The Morgan fingerprint density at radius 2 is 2.12 bits per heavy atom. The Kier molecular flexibility index (Phi) is 4.32. The van der Waals surface area contributed by atoms with Gasteiger partial charge in [0.25, 0.3) is 11.8 Å². The molecule has 2 fully saturated rings. The highest BCUT2D eigenvalue weighted by Gasteiger charge is 2.49. The molecule has 13 nitrogen and oxygen atoms in total. The van der Waals surface area contributed by atoms with Crippen LogP contribution in [0.5, 0.6) is 0 Å². The monoisotopic (exact) mass is 375 g/mol. The molecule has 2 aliphatic heterocycles. The molecule has 2 aliphatic rings. The van der Waals surface area contributed by atoms with Crippen molar-refractivity contribution >= 4 is 28.2 Å². The van der Waals surface area contributed by atoms with Gasteiger partial charge in [-0.25, -0.2) is 9.78 Å². The van der Waals surface area contributed by atoms with Crippen molar-refractivity contribution in [3.63, 3.8) is 0 Å². The summed E-state index contributed by atoms with van der Waals surface area (Å²) in [6, 6.07) is -2.41. The number of rotatable bonds is 4. The number of carbonyl (C=O) groups is 3. The second-order valence-electron chi connectivity index (χ2n) is 5.33. The van der Waals surface area contributed by atoms with Crippen LogP contribution in [0.2, 0.25) is 0 Å². The van der Waals surface area contributed by atoms with E-state index in [4.69, 9.17) is 4.55 Å². The molecule has 0 aliphatic carbocycles. The number of hydrogen-bond donors (Lipinski definition) is 3. The van der Waals surface area contributed by atoms with Gasteiger partial charge in [-0.3, -0.25) is 25.0 Å². The van der Waals surface area contributed by atoms with E-state index in [9.17, 15) is 22.8 Å². The summed E-state index contributed by atoms with van der Waals surface area (Å²) in [5.74, 6) is -1.38. The maximum Gasteiger partial charge on any atom is 0.418 e. The van der Waals surface area contributed by atoms with Gasteiger partial charge in [0.2, 0.25) is 0 Å². The molecule has 0 radical (unpaired) electrons. The van der Waals surface area contributed by atoms with Crippen LogP contribution in [0.4, 0.5) is 4.79 Å². The first-order valence-corrected chi connectivity index (χ1v) is 8.38. The Bertz CT molecular complexity index is 793. The van der Waals surface area contributed by atoms with Crippen molar-refractivity contribution < 1.29 is 36.1 Å². The fourth-order valence-electron chi connectivity index (χ4n) is 2.69. The van der Waals surface area contributed by atoms with Gasteiger partial charge in [-0.05, 0) is 12.8 Å². The van der Waals surface area contributed by atoms with Crippen molar-refractivity contribution in [3.8, 4) is 0 Å². The van der Waals surface area contributed by atoms with Crippen LogP contribution >= 0.6 is 0 Å². The SMILES string of the molecule is O=C(NNC(=O)[C@@H]1CC[C@@H]2CN1C(=O)N2OS(=O)(=O)O)c1cocn1. The van der Waals surface area contributed by atoms with Gasteiger partial charge in [0.05, 0.1) is 6.04 Å². The van der Waals surface area contributed by atoms with E-state index in [-0.39, 0.29) is 25.1 Å². The fourth-order valence-corrected chi connectivity index (χ4v) is 3.08. The van der Waals surface area contributed by atoms with E-state index in [0.29, 0.717) is 5.06 Å². The summed E-state index contributed by atoms with van der Waals surface area (Å²) in [6.45, 7) is 0.0453. The van der Waals surface area contributed by atoms with Crippen molar-refractivity contribution in [1.82, 2.24) is 25.8 Å². The summed E-state index contributed by atoms with van der Waals surface area (Å²) >= 11 is 0. The number of oxazole rings is 1. The Morgan fingerprint density at radius 1 is 1.36 bits per heavy atom. The van der Waals surface area contributed by atoms with Crippen molar-refractivity contribution in [3.05, 3.63) is 18.4 Å². The average molecular weight is 375 g/mol. The number of aromatic nitrogens is 1. The first-order chi connectivity index (χ1) is 11.8. The standard InChI is InChI=1S/C11H13N5O8S/c17-9(7-4-23-5-12-7)13-14-10(18)8-2-1-6-3-15(8)11(19)16(6)24-25(20,21)22/h4-6,8H,1-3H2,(H,13,17)(H,14,18)(H,20,21,22)/t6-,8+/m1/s1. The van der Waals surface area contributed by atoms with E-state index in [2.05, 4.69) is 24.5 Å². The van der Waals surface area contributed by atoms with Crippen molar-refractivity contribution in [1.29, 1.82) is 0 Å². The van der Waals surface area contributed by atoms with Gasteiger partial charge < -0.3 is 9.32 Å². The maximum absolute atomic E-state index is 12.2. The van der Waals surface area contributed by atoms with Gasteiger partial charge in [0.1, 0.15) is 12.3 Å². The summed E-state index contributed by atoms with van der Waals surface area (Å²) in [5.41, 5.74) is 4.24. The van der Waals surface area contributed by atoms with Gasteiger partial charge in [-0.2, -0.15) is 13.5 Å². The molecule has 2 atom stereocenters. The lowest BCUT2D eigenvalue weighted by Crippen LogP contribution is -2.54. The second kappa shape index (κ2) is 6.30. The van der Waals surface area contributed by atoms with Gasteiger partial charge >= 0.3 is 16.4 Å². The topological polar surface area (TPSA) is 171 Å². The molecule has 2 bridgehead atoms. The number of piperidine rings is 1. The molecule has 4 amide bonds. The van der Waals surface area contributed by atoms with Crippen LogP contribution in [0.15, 0.2) is 17.1 Å². The van der Waals surface area contributed by atoms with Crippen molar-refractivity contribution in [2.45, 2.75) is 24.9 Å². The number of amides is 4. The molecule has 25 heavy (non-hydrogen) atoms. The molecule has 14 heteroatoms. The van der Waals surface area contributed by atoms with Crippen LogP contribution < -0.4 is 10.9 Å². The minimum atomic E-state index is -4.86. The van der Waals surface area contributed by atoms with E-state index >= 15 is 0 Å². The molecule has 0 unspecified atom stereocenters. The van der Waals surface area contributed by atoms with Gasteiger partial charge in [-0.15, -0.1) is 4.28 Å². The van der Waals surface area contributed by atoms with Gasteiger partial charge in [0, 0.05) is 6.54 Å². The molecule has 1 aromatic rings. The Hall–Kier alpha value is -2.71. The molecule has 3 N–H and O–H groups in total. The average Bonchev–Trinajstić information content (AvgIpc) is 3.16. The molecule has 0 spiro atoms. The first kappa shape index (κ1) is 17.1. The number of carbonyl (C=O) groups excluding carboxylic acids is 3. The number of nitrogens with one attached hydrogen (secondary N) is 2. The lowest BCUT2D eigenvalue weighted by atomic mass is 10.0. The molecule has 0 saturated carbocycles.